The van der Waals surface area contributed by atoms with Crippen molar-refractivity contribution >= 4 is 30.7 Å². The van der Waals surface area contributed by atoms with E-state index in [9.17, 15) is 0 Å². The lowest BCUT2D eigenvalue weighted by molar-refractivity contribution is 0.509. The standard InChI is InChI=1S/C13H31N3OSi3/c1-15-12(17-20(8,9)10)11-14-13(15)16(18(2,3)4)19(5,6)7/h11H,1-10H3. The van der Waals surface area contributed by atoms with Gasteiger partial charge in [-0.15, -0.1) is 0 Å². The first-order valence-electron chi connectivity index (χ1n) is 7.24. The van der Waals surface area contributed by atoms with Crippen molar-refractivity contribution in [1.82, 2.24) is 9.55 Å². The normalized spacial score (nSPS) is 13.5. The predicted molar refractivity (Wildman–Crippen MR) is 96.4 cm³/mol. The Hall–Kier alpha value is -0.539. The molecule has 0 aromatic carbocycles. The Morgan fingerprint density at radius 1 is 0.950 bits per heavy atom. The van der Waals surface area contributed by atoms with Gasteiger partial charge in [-0.05, 0) is 19.6 Å². The van der Waals surface area contributed by atoms with Gasteiger partial charge in [-0.25, -0.2) is 4.98 Å². The number of rotatable bonds is 5. The van der Waals surface area contributed by atoms with Crippen molar-refractivity contribution in [3.63, 3.8) is 0 Å². The number of nitrogens with zero attached hydrogens (tertiary/aromatic N) is 3. The van der Waals surface area contributed by atoms with Crippen LogP contribution in [-0.2, 0) is 7.05 Å². The van der Waals surface area contributed by atoms with Crippen LogP contribution >= 0.6 is 0 Å². The van der Waals surface area contributed by atoms with Crippen LogP contribution in [0.3, 0.4) is 0 Å². The first-order valence-corrected chi connectivity index (χ1v) is 17.5. The van der Waals surface area contributed by atoms with Crippen LogP contribution in [0.5, 0.6) is 5.88 Å². The van der Waals surface area contributed by atoms with Crippen molar-refractivity contribution in [3.8, 4) is 5.88 Å². The van der Waals surface area contributed by atoms with Crippen molar-refractivity contribution in [2.45, 2.75) is 58.9 Å². The first kappa shape index (κ1) is 17.5. The van der Waals surface area contributed by atoms with Gasteiger partial charge in [-0.1, -0.05) is 39.3 Å². The summed E-state index contributed by atoms with van der Waals surface area (Å²) in [6.07, 6.45) is 1.89. The Morgan fingerprint density at radius 3 is 1.75 bits per heavy atom. The van der Waals surface area contributed by atoms with Gasteiger partial charge in [0.1, 0.15) is 16.5 Å². The maximum Gasteiger partial charge on any atom is 0.244 e. The Kier molecular flexibility index (Phi) is 4.68. The average molecular weight is 330 g/mol. The molecule has 1 aromatic heterocycles. The van der Waals surface area contributed by atoms with Crippen molar-refractivity contribution < 1.29 is 4.43 Å². The first-order chi connectivity index (χ1) is 8.73. The summed E-state index contributed by atoms with van der Waals surface area (Å²) >= 11 is 0. The maximum absolute atomic E-state index is 6.13. The molecule has 0 aliphatic carbocycles. The molecule has 0 fully saturated rings. The number of hydrogen-bond acceptors (Lipinski definition) is 3. The molecule has 1 rings (SSSR count). The highest BCUT2D eigenvalue weighted by atomic mass is 28.4. The van der Waals surface area contributed by atoms with E-state index in [-0.39, 0.29) is 0 Å². The van der Waals surface area contributed by atoms with Gasteiger partial charge in [0, 0.05) is 7.05 Å². The Balaban J connectivity index is 3.25. The summed E-state index contributed by atoms with van der Waals surface area (Å²) in [6, 6.07) is 0. The van der Waals surface area contributed by atoms with Crippen LogP contribution in [0.15, 0.2) is 6.20 Å². The molecule has 7 heteroatoms. The molecule has 0 aliphatic heterocycles. The van der Waals surface area contributed by atoms with Gasteiger partial charge < -0.3 is 8.66 Å². The molecule has 1 heterocycles. The second-order valence-electron chi connectivity index (χ2n) is 8.35. The molecule has 1 aromatic rings. The van der Waals surface area contributed by atoms with Gasteiger partial charge in [0.2, 0.25) is 14.2 Å². The van der Waals surface area contributed by atoms with E-state index < -0.39 is 24.8 Å². The van der Waals surface area contributed by atoms with Gasteiger partial charge >= 0.3 is 0 Å². The topological polar surface area (TPSA) is 30.3 Å². The zero-order chi connectivity index (χ0) is 15.9. The van der Waals surface area contributed by atoms with E-state index in [0.29, 0.717) is 0 Å². The smallest absolute Gasteiger partial charge is 0.244 e. The lowest BCUT2D eigenvalue weighted by atomic mass is 10.8. The quantitative estimate of drug-likeness (QED) is 0.762. The van der Waals surface area contributed by atoms with Crippen LogP contribution in [0, 0.1) is 0 Å². The van der Waals surface area contributed by atoms with Crippen LogP contribution in [0.2, 0.25) is 58.9 Å². The summed E-state index contributed by atoms with van der Waals surface area (Å²) < 4.78 is 10.9. The number of anilines is 1. The number of imidazole rings is 1. The Bertz CT molecular complexity index is 453. The molecule has 0 atom stereocenters. The highest BCUT2D eigenvalue weighted by Crippen LogP contribution is 2.30. The number of hydrogen-bond donors (Lipinski definition) is 0. The third-order valence-corrected chi connectivity index (χ3v) is 10.8. The highest BCUT2D eigenvalue weighted by molar-refractivity contribution is 6.99. The van der Waals surface area contributed by atoms with Gasteiger partial charge in [-0.2, -0.15) is 0 Å². The zero-order valence-corrected chi connectivity index (χ0v) is 17.8. The third-order valence-electron chi connectivity index (χ3n) is 2.87. The van der Waals surface area contributed by atoms with Gasteiger partial charge in [0.05, 0.1) is 6.20 Å². The van der Waals surface area contributed by atoms with Crippen LogP contribution in [-0.4, -0.2) is 34.3 Å². The van der Waals surface area contributed by atoms with Crippen LogP contribution < -0.4 is 8.66 Å². The molecule has 0 aliphatic rings. The molecule has 0 saturated heterocycles. The molecule has 0 radical (unpaired) electrons. The van der Waals surface area contributed by atoms with E-state index in [4.69, 9.17) is 4.43 Å². The van der Waals surface area contributed by atoms with E-state index in [0.717, 1.165) is 11.8 Å². The van der Waals surface area contributed by atoms with Crippen LogP contribution in [0.1, 0.15) is 0 Å². The number of aromatic nitrogens is 2. The predicted octanol–water partition coefficient (Wildman–Crippen LogP) is 4.11. The molecule has 116 valence electrons. The van der Waals surface area contributed by atoms with E-state index in [1.54, 1.807) is 0 Å². The van der Waals surface area contributed by atoms with E-state index in [1.165, 1.54) is 0 Å². The van der Waals surface area contributed by atoms with Gasteiger partial charge in [-0.3, -0.25) is 4.57 Å². The summed E-state index contributed by atoms with van der Waals surface area (Å²) in [6.45, 7) is 20.9. The molecular weight excluding hydrogens is 298 g/mol. The monoisotopic (exact) mass is 329 g/mol. The van der Waals surface area contributed by atoms with Gasteiger partial charge in [0.25, 0.3) is 0 Å². The van der Waals surface area contributed by atoms with Crippen molar-refractivity contribution in [1.29, 1.82) is 0 Å². The molecule has 0 unspecified atom stereocenters. The molecule has 4 nitrogen and oxygen atoms in total. The Morgan fingerprint density at radius 2 is 1.40 bits per heavy atom. The minimum atomic E-state index is -1.60. The largest absolute Gasteiger partial charge is 0.531 e. The lowest BCUT2D eigenvalue weighted by Crippen LogP contribution is -2.60. The fourth-order valence-corrected chi connectivity index (χ4v) is 13.1. The highest BCUT2D eigenvalue weighted by Gasteiger charge is 2.37. The third kappa shape index (κ3) is 4.23. The van der Waals surface area contributed by atoms with Crippen molar-refractivity contribution in [3.05, 3.63) is 6.20 Å². The molecule has 0 N–H and O–H groups in total. The second-order valence-corrected chi connectivity index (χ2v) is 22.8. The molecule has 0 bridgehead atoms. The van der Waals surface area contributed by atoms with E-state index in [1.807, 2.05) is 6.20 Å². The average Bonchev–Trinajstić information content (AvgIpc) is 2.43. The zero-order valence-electron chi connectivity index (χ0n) is 14.8. The summed E-state index contributed by atoms with van der Waals surface area (Å²) in [5, 5.41) is 0. The molecule has 0 saturated carbocycles. The summed E-state index contributed by atoms with van der Waals surface area (Å²) in [5.74, 6) is 1.98. The lowest BCUT2D eigenvalue weighted by Gasteiger charge is -2.44. The Labute approximate surface area is 127 Å². The van der Waals surface area contributed by atoms with Crippen molar-refractivity contribution in [2.75, 3.05) is 4.23 Å². The molecule has 0 spiro atoms. The fraction of sp³-hybridized carbons (Fsp3) is 0.769. The minimum Gasteiger partial charge on any atom is -0.531 e. The maximum atomic E-state index is 6.13. The van der Waals surface area contributed by atoms with Crippen LogP contribution in [0.25, 0.3) is 0 Å². The summed E-state index contributed by atoms with van der Waals surface area (Å²) in [5.41, 5.74) is 0. The molecule has 20 heavy (non-hydrogen) atoms. The summed E-state index contributed by atoms with van der Waals surface area (Å²) in [7, 11) is -2.47. The van der Waals surface area contributed by atoms with Crippen molar-refractivity contribution in [2.24, 2.45) is 7.05 Å². The van der Waals surface area contributed by atoms with Crippen LogP contribution in [0.4, 0.5) is 5.95 Å². The molecular formula is C13H31N3OSi3. The SMILES string of the molecule is Cn1c(O[Si](C)(C)C)cnc1N([Si](C)(C)C)[Si](C)(C)C. The van der Waals surface area contributed by atoms with E-state index >= 15 is 0 Å². The minimum absolute atomic E-state index is 0.903. The van der Waals surface area contributed by atoms with Gasteiger partial charge in [0.15, 0.2) is 5.95 Å². The van der Waals surface area contributed by atoms with E-state index in [2.05, 4.69) is 79.8 Å². The molecule has 0 amide bonds. The second kappa shape index (κ2) is 5.34. The summed E-state index contributed by atoms with van der Waals surface area (Å²) in [4.78, 5) is 4.69. The fourth-order valence-electron chi connectivity index (χ4n) is 2.61.